The number of phenols is 1. The Hall–Kier alpha value is -2.36. The lowest BCUT2D eigenvalue weighted by Gasteiger charge is -2.01. The first kappa shape index (κ1) is 11.7. The minimum atomic E-state index is -0.493. The summed E-state index contributed by atoms with van der Waals surface area (Å²) < 4.78 is 13.8. The molecule has 0 amide bonds. The largest absolute Gasteiger partial charge is 0.507 e. The number of benzene rings is 2. The van der Waals surface area contributed by atoms with Crippen LogP contribution in [0.3, 0.4) is 0 Å². The summed E-state index contributed by atoms with van der Waals surface area (Å²) in [5, 5.41) is 9.78. The monoisotopic (exact) mass is 256 g/mol. The van der Waals surface area contributed by atoms with Gasteiger partial charge in [-0.2, -0.15) is 0 Å². The first-order valence-corrected chi connectivity index (χ1v) is 6.01. The van der Waals surface area contributed by atoms with Crippen molar-refractivity contribution in [1.82, 2.24) is 9.97 Å². The lowest BCUT2D eigenvalue weighted by Crippen LogP contribution is -1.86. The number of phenolic OH excluding ortho intramolecular Hbond substituents is 1. The Morgan fingerprint density at radius 2 is 1.89 bits per heavy atom. The molecule has 0 unspecified atom stereocenters. The normalized spacial score (nSPS) is 11.1. The topological polar surface area (TPSA) is 48.9 Å². The Morgan fingerprint density at radius 3 is 2.63 bits per heavy atom. The summed E-state index contributed by atoms with van der Waals surface area (Å²) >= 11 is 0. The molecular formula is C15H13FN2O. The van der Waals surface area contributed by atoms with Crippen LogP contribution in [-0.4, -0.2) is 15.1 Å². The predicted molar refractivity (Wildman–Crippen MR) is 72.6 cm³/mol. The minimum Gasteiger partial charge on any atom is -0.507 e. The zero-order chi connectivity index (χ0) is 13.6. The summed E-state index contributed by atoms with van der Waals surface area (Å²) in [7, 11) is 0. The van der Waals surface area contributed by atoms with Gasteiger partial charge in [-0.15, -0.1) is 0 Å². The number of aryl methyl sites for hydroxylation is 2. The second-order valence-electron chi connectivity index (χ2n) is 4.67. The van der Waals surface area contributed by atoms with Crippen LogP contribution in [0, 0.1) is 19.7 Å². The first-order chi connectivity index (χ1) is 9.06. The maximum Gasteiger partial charge on any atom is 0.145 e. The third-order valence-electron chi connectivity index (χ3n) is 3.33. The molecule has 3 nitrogen and oxygen atoms in total. The quantitative estimate of drug-likeness (QED) is 0.697. The average Bonchev–Trinajstić information content (AvgIpc) is 2.72. The molecule has 3 rings (SSSR count). The van der Waals surface area contributed by atoms with E-state index in [0.29, 0.717) is 5.82 Å². The number of aromatic nitrogens is 2. The summed E-state index contributed by atoms with van der Waals surface area (Å²) in [6.45, 7) is 4.01. The second-order valence-corrected chi connectivity index (χ2v) is 4.67. The number of rotatable bonds is 1. The number of nitrogens with one attached hydrogen (secondary N) is 1. The smallest absolute Gasteiger partial charge is 0.145 e. The predicted octanol–water partition coefficient (Wildman–Crippen LogP) is 3.69. The molecule has 0 aliphatic carbocycles. The van der Waals surface area contributed by atoms with E-state index in [2.05, 4.69) is 9.97 Å². The minimum absolute atomic E-state index is 0.106. The van der Waals surface area contributed by atoms with E-state index in [4.69, 9.17) is 0 Å². The number of aromatic amines is 1. The molecule has 4 heteroatoms. The standard InChI is InChI=1S/C15H13FN2O/c1-8-6-11-12(7-9(8)2)18-15(17-11)14-10(16)4-3-5-13(14)19/h3-7,19H,1-2H3,(H,17,18). The van der Waals surface area contributed by atoms with Gasteiger partial charge in [0.25, 0.3) is 0 Å². The van der Waals surface area contributed by atoms with Crippen molar-refractivity contribution in [2.45, 2.75) is 13.8 Å². The number of hydrogen-bond donors (Lipinski definition) is 2. The van der Waals surface area contributed by atoms with Gasteiger partial charge in [0, 0.05) is 0 Å². The highest BCUT2D eigenvalue weighted by Crippen LogP contribution is 2.31. The van der Waals surface area contributed by atoms with E-state index in [0.717, 1.165) is 22.2 Å². The molecule has 0 fully saturated rings. The van der Waals surface area contributed by atoms with Crippen LogP contribution in [0.15, 0.2) is 30.3 Å². The molecule has 1 aromatic heterocycles. The Bertz CT molecular complexity index is 718. The zero-order valence-corrected chi connectivity index (χ0v) is 10.7. The van der Waals surface area contributed by atoms with Crippen molar-refractivity contribution >= 4 is 11.0 Å². The number of aromatic hydroxyl groups is 1. The van der Waals surface area contributed by atoms with Crippen molar-refractivity contribution in [3.63, 3.8) is 0 Å². The number of H-pyrrole nitrogens is 1. The van der Waals surface area contributed by atoms with Crippen LogP contribution in [-0.2, 0) is 0 Å². The summed E-state index contributed by atoms with van der Waals surface area (Å²) in [6.07, 6.45) is 0. The van der Waals surface area contributed by atoms with Crippen LogP contribution >= 0.6 is 0 Å². The number of halogens is 1. The van der Waals surface area contributed by atoms with Crippen LogP contribution in [0.5, 0.6) is 5.75 Å². The number of nitrogens with zero attached hydrogens (tertiary/aromatic N) is 1. The third kappa shape index (κ3) is 1.85. The van der Waals surface area contributed by atoms with Crippen molar-refractivity contribution in [1.29, 1.82) is 0 Å². The van der Waals surface area contributed by atoms with Gasteiger partial charge in [-0.05, 0) is 49.2 Å². The molecule has 0 saturated heterocycles. The number of hydrogen-bond acceptors (Lipinski definition) is 2. The SMILES string of the molecule is Cc1cc2nc(-c3c(O)cccc3F)[nH]c2cc1C. The third-order valence-corrected chi connectivity index (χ3v) is 3.33. The van der Waals surface area contributed by atoms with Crippen molar-refractivity contribution in [3.8, 4) is 17.1 Å². The summed E-state index contributed by atoms with van der Waals surface area (Å²) in [5.41, 5.74) is 3.97. The Labute approximate surface area is 109 Å². The van der Waals surface area contributed by atoms with Crippen molar-refractivity contribution in [2.24, 2.45) is 0 Å². The molecule has 2 aromatic carbocycles. The molecule has 0 saturated carbocycles. The van der Waals surface area contributed by atoms with Gasteiger partial charge in [0.15, 0.2) is 0 Å². The van der Waals surface area contributed by atoms with E-state index in [1.54, 1.807) is 0 Å². The van der Waals surface area contributed by atoms with Gasteiger partial charge >= 0.3 is 0 Å². The number of fused-ring (bicyclic) bond motifs is 1. The highest BCUT2D eigenvalue weighted by molar-refractivity contribution is 5.82. The molecule has 19 heavy (non-hydrogen) atoms. The van der Waals surface area contributed by atoms with Gasteiger partial charge in [0.2, 0.25) is 0 Å². The van der Waals surface area contributed by atoms with Crippen LogP contribution in [0.1, 0.15) is 11.1 Å². The van der Waals surface area contributed by atoms with Gasteiger partial charge in [-0.3, -0.25) is 0 Å². The van der Waals surface area contributed by atoms with E-state index in [1.165, 1.54) is 18.2 Å². The Balaban J connectivity index is 2.26. The lowest BCUT2D eigenvalue weighted by atomic mass is 10.1. The van der Waals surface area contributed by atoms with Crippen molar-refractivity contribution in [3.05, 3.63) is 47.3 Å². The molecule has 96 valence electrons. The first-order valence-electron chi connectivity index (χ1n) is 6.01. The van der Waals surface area contributed by atoms with Crippen molar-refractivity contribution in [2.75, 3.05) is 0 Å². The zero-order valence-electron chi connectivity index (χ0n) is 10.7. The molecule has 2 N–H and O–H groups in total. The maximum absolute atomic E-state index is 13.8. The van der Waals surface area contributed by atoms with Crippen LogP contribution in [0.4, 0.5) is 4.39 Å². The van der Waals surface area contributed by atoms with Crippen molar-refractivity contribution < 1.29 is 9.50 Å². The molecular weight excluding hydrogens is 243 g/mol. The molecule has 0 radical (unpaired) electrons. The summed E-state index contributed by atoms with van der Waals surface area (Å²) in [4.78, 5) is 7.40. The molecule has 0 aliphatic rings. The fraction of sp³-hybridized carbons (Fsp3) is 0.133. The van der Waals surface area contributed by atoms with E-state index >= 15 is 0 Å². The van der Waals surface area contributed by atoms with E-state index in [-0.39, 0.29) is 11.3 Å². The van der Waals surface area contributed by atoms with Gasteiger partial charge in [0.1, 0.15) is 17.4 Å². The summed E-state index contributed by atoms with van der Waals surface area (Å²) in [5.74, 6) is -0.268. The Kier molecular flexibility index (Phi) is 2.52. The molecule has 3 aromatic rings. The maximum atomic E-state index is 13.8. The second kappa shape index (κ2) is 4.09. The summed E-state index contributed by atoms with van der Waals surface area (Å²) in [6, 6.07) is 8.13. The van der Waals surface area contributed by atoms with Gasteiger partial charge in [-0.1, -0.05) is 6.07 Å². The van der Waals surface area contributed by atoms with Gasteiger partial charge in [-0.25, -0.2) is 9.37 Å². The number of imidazole rings is 1. The van der Waals surface area contributed by atoms with E-state index < -0.39 is 5.82 Å². The highest BCUT2D eigenvalue weighted by atomic mass is 19.1. The molecule has 0 spiro atoms. The lowest BCUT2D eigenvalue weighted by molar-refractivity contribution is 0.471. The van der Waals surface area contributed by atoms with Crippen LogP contribution in [0.25, 0.3) is 22.4 Å². The molecule has 0 aliphatic heterocycles. The van der Waals surface area contributed by atoms with E-state index in [9.17, 15) is 9.50 Å². The molecule has 0 bridgehead atoms. The molecule has 0 atom stereocenters. The van der Waals surface area contributed by atoms with Gasteiger partial charge < -0.3 is 10.1 Å². The highest BCUT2D eigenvalue weighted by Gasteiger charge is 2.14. The van der Waals surface area contributed by atoms with Crippen LogP contribution in [0.2, 0.25) is 0 Å². The average molecular weight is 256 g/mol. The van der Waals surface area contributed by atoms with Gasteiger partial charge in [0.05, 0.1) is 16.6 Å². The fourth-order valence-corrected chi connectivity index (χ4v) is 2.14. The van der Waals surface area contributed by atoms with E-state index in [1.807, 2.05) is 26.0 Å². The van der Waals surface area contributed by atoms with Crippen LogP contribution < -0.4 is 0 Å². The Morgan fingerprint density at radius 1 is 1.16 bits per heavy atom. The molecule has 1 heterocycles. The fourth-order valence-electron chi connectivity index (χ4n) is 2.14.